The molecule has 0 heterocycles. The first-order valence-electron chi connectivity index (χ1n) is 8.33. The SMILES string of the molecule is COc1ccc(C(O)CNS(=O)(=O)c2ccc3ccccc3c2)cc1OC. The third-order valence-corrected chi connectivity index (χ3v) is 5.71. The Hall–Kier alpha value is -2.61. The molecule has 0 aromatic heterocycles. The van der Waals surface area contributed by atoms with Crippen molar-refractivity contribution in [1.82, 2.24) is 4.72 Å². The lowest BCUT2D eigenvalue weighted by Gasteiger charge is -2.15. The average molecular weight is 387 g/mol. The second-order valence-corrected chi connectivity index (χ2v) is 7.76. The first-order valence-corrected chi connectivity index (χ1v) is 9.81. The van der Waals surface area contributed by atoms with Crippen molar-refractivity contribution in [3.63, 3.8) is 0 Å². The number of fused-ring (bicyclic) bond motifs is 1. The number of aliphatic hydroxyl groups excluding tert-OH is 1. The van der Waals surface area contributed by atoms with E-state index in [1.54, 1.807) is 36.4 Å². The highest BCUT2D eigenvalue weighted by molar-refractivity contribution is 7.89. The van der Waals surface area contributed by atoms with Crippen LogP contribution in [0.2, 0.25) is 0 Å². The predicted molar refractivity (Wildman–Crippen MR) is 104 cm³/mol. The fraction of sp³-hybridized carbons (Fsp3) is 0.200. The Morgan fingerprint density at radius 1 is 0.926 bits per heavy atom. The Kier molecular flexibility index (Phi) is 5.65. The topological polar surface area (TPSA) is 84.9 Å². The Morgan fingerprint density at radius 2 is 1.63 bits per heavy atom. The number of nitrogens with one attached hydrogen (secondary N) is 1. The number of hydrogen-bond donors (Lipinski definition) is 2. The molecule has 3 aromatic rings. The first-order chi connectivity index (χ1) is 12.9. The lowest BCUT2D eigenvalue weighted by molar-refractivity contribution is 0.181. The molecule has 6 nitrogen and oxygen atoms in total. The molecule has 0 amide bonds. The molecular weight excluding hydrogens is 366 g/mol. The van der Waals surface area contributed by atoms with E-state index in [0.717, 1.165) is 10.8 Å². The van der Waals surface area contributed by atoms with E-state index in [-0.39, 0.29) is 11.4 Å². The summed E-state index contributed by atoms with van der Waals surface area (Å²) in [7, 11) is -0.733. The second-order valence-electron chi connectivity index (χ2n) is 5.99. The molecule has 0 saturated heterocycles. The van der Waals surface area contributed by atoms with Crippen LogP contribution in [-0.4, -0.2) is 34.3 Å². The molecule has 142 valence electrons. The van der Waals surface area contributed by atoms with Crippen molar-refractivity contribution in [2.75, 3.05) is 20.8 Å². The summed E-state index contributed by atoms with van der Waals surface area (Å²) in [5, 5.41) is 12.2. The lowest BCUT2D eigenvalue weighted by Crippen LogP contribution is -2.28. The van der Waals surface area contributed by atoms with Crippen molar-refractivity contribution >= 4 is 20.8 Å². The maximum absolute atomic E-state index is 12.6. The molecule has 0 aliphatic carbocycles. The number of sulfonamides is 1. The molecule has 1 unspecified atom stereocenters. The zero-order valence-corrected chi connectivity index (χ0v) is 15.9. The maximum Gasteiger partial charge on any atom is 0.240 e. The normalized spacial score (nSPS) is 12.7. The van der Waals surface area contributed by atoms with Crippen LogP contribution < -0.4 is 14.2 Å². The summed E-state index contributed by atoms with van der Waals surface area (Å²) in [5.74, 6) is 0.997. The van der Waals surface area contributed by atoms with Gasteiger partial charge in [-0.15, -0.1) is 0 Å². The molecule has 0 bridgehead atoms. The van der Waals surface area contributed by atoms with Gasteiger partial charge in [0.05, 0.1) is 25.2 Å². The van der Waals surface area contributed by atoms with Gasteiger partial charge in [-0.2, -0.15) is 0 Å². The van der Waals surface area contributed by atoms with E-state index in [0.29, 0.717) is 17.1 Å². The highest BCUT2D eigenvalue weighted by Gasteiger charge is 2.18. The third kappa shape index (κ3) is 4.21. The zero-order chi connectivity index (χ0) is 19.4. The number of hydrogen-bond acceptors (Lipinski definition) is 5. The van der Waals surface area contributed by atoms with Crippen LogP contribution in [0.15, 0.2) is 65.6 Å². The van der Waals surface area contributed by atoms with Gasteiger partial charge in [0, 0.05) is 6.54 Å². The standard InChI is InChI=1S/C20H21NO5S/c1-25-19-10-8-16(12-20(19)26-2)18(22)13-21-27(23,24)17-9-7-14-5-3-4-6-15(14)11-17/h3-12,18,21-22H,13H2,1-2H3. The van der Waals surface area contributed by atoms with Gasteiger partial charge in [-0.05, 0) is 40.6 Å². The lowest BCUT2D eigenvalue weighted by atomic mass is 10.1. The van der Waals surface area contributed by atoms with Crippen LogP contribution in [0.1, 0.15) is 11.7 Å². The Balaban J connectivity index is 1.76. The molecule has 0 saturated carbocycles. The Bertz CT molecular complexity index is 1050. The van der Waals surface area contributed by atoms with Gasteiger partial charge in [0.15, 0.2) is 11.5 Å². The molecule has 27 heavy (non-hydrogen) atoms. The van der Waals surface area contributed by atoms with E-state index in [9.17, 15) is 13.5 Å². The summed E-state index contributed by atoms with van der Waals surface area (Å²) in [4.78, 5) is 0.153. The number of rotatable bonds is 7. The summed E-state index contributed by atoms with van der Waals surface area (Å²) in [5.41, 5.74) is 0.522. The van der Waals surface area contributed by atoms with Crippen molar-refractivity contribution in [3.05, 3.63) is 66.2 Å². The van der Waals surface area contributed by atoms with Gasteiger partial charge in [-0.25, -0.2) is 13.1 Å². The van der Waals surface area contributed by atoms with Crippen molar-refractivity contribution < 1.29 is 23.0 Å². The number of aliphatic hydroxyl groups is 1. The summed E-state index contributed by atoms with van der Waals surface area (Å²) >= 11 is 0. The molecular formula is C20H21NO5S. The van der Waals surface area contributed by atoms with Gasteiger partial charge < -0.3 is 14.6 Å². The summed E-state index contributed by atoms with van der Waals surface area (Å²) in [6.07, 6.45) is -1.03. The van der Waals surface area contributed by atoms with Crippen LogP contribution in [0.25, 0.3) is 10.8 Å². The number of methoxy groups -OCH3 is 2. The smallest absolute Gasteiger partial charge is 0.240 e. The molecule has 7 heteroatoms. The van der Waals surface area contributed by atoms with Crippen LogP contribution >= 0.6 is 0 Å². The van der Waals surface area contributed by atoms with Gasteiger partial charge in [-0.3, -0.25) is 0 Å². The fourth-order valence-corrected chi connectivity index (χ4v) is 3.86. The van der Waals surface area contributed by atoms with Crippen molar-refractivity contribution in [2.45, 2.75) is 11.0 Å². The van der Waals surface area contributed by atoms with Crippen LogP contribution in [-0.2, 0) is 10.0 Å². The van der Waals surface area contributed by atoms with Crippen LogP contribution in [0, 0.1) is 0 Å². The van der Waals surface area contributed by atoms with Gasteiger partial charge in [-0.1, -0.05) is 36.4 Å². The Labute approximate surface area is 158 Å². The van der Waals surface area contributed by atoms with E-state index in [1.165, 1.54) is 14.2 Å². The molecule has 0 aliphatic heterocycles. The number of benzene rings is 3. The molecule has 0 spiro atoms. The van der Waals surface area contributed by atoms with E-state index in [2.05, 4.69) is 4.72 Å². The molecule has 0 radical (unpaired) electrons. The summed E-state index contributed by atoms with van der Waals surface area (Å²) < 4.78 is 38.0. The van der Waals surface area contributed by atoms with Crippen molar-refractivity contribution in [3.8, 4) is 11.5 Å². The fourth-order valence-electron chi connectivity index (χ4n) is 2.78. The first kappa shape index (κ1) is 19.2. The highest BCUT2D eigenvalue weighted by atomic mass is 32.2. The predicted octanol–water partition coefficient (Wildman–Crippen LogP) is 2.87. The van der Waals surface area contributed by atoms with Crippen LogP contribution in [0.3, 0.4) is 0 Å². The van der Waals surface area contributed by atoms with E-state index < -0.39 is 16.1 Å². The molecule has 0 aliphatic rings. The summed E-state index contributed by atoms with van der Waals surface area (Å²) in [6, 6.07) is 17.4. The van der Waals surface area contributed by atoms with Crippen LogP contribution in [0.4, 0.5) is 0 Å². The monoisotopic (exact) mass is 387 g/mol. The van der Waals surface area contributed by atoms with Gasteiger partial charge >= 0.3 is 0 Å². The molecule has 3 aromatic carbocycles. The molecule has 2 N–H and O–H groups in total. The quantitative estimate of drug-likeness (QED) is 0.651. The largest absolute Gasteiger partial charge is 0.493 e. The van der Waals surface area contributed by atoms with Crippen LogP contribution in [0.5, 0.6) is 11.5 Å². The second kappa shape index (κ2) is 7.96. The molecule has 0 fully saturated rings. The molecule has 3 rings (SSSR count). The third-order valence-electron chi connectivity index (χ3n) is 4.29. The van der Waals surface area contributed by atoms with Gasteiger partial charge in [0.2, 0.25) is 10.0 Å². The van der Waals surface area contributed by atoms with Crippen molar-refractivity contribution in [2.24, 2.45) is 0 Å². The number of ether oxygens (including phenoxy) is 2. The minimum atomic E-state index is -3.75. The minimum absolute atomic E-state index is 0.153. The van der Waals surface area contributed by atoms with Gasteiger partial charge in [0.25, 0.3) is 0 Å². The maximum atomic E-state index is 12.6. The Morgan fingerprint density at radius 3 is 2.33 bits per heavy atom. The van der Waals surface area contributed by atoms with Crippen molar-refractivity contribution in [1.29, 1.82) is 0 Å². The van der Waals surface area contributed by atoms with Gasteiger partial charge in [0.1, 0.15) is 0 Å². The average Bonchev–Trinajstić information content (AvgIpc) is 2.71. The summed E-state index contributed by atoms with van der Waals surface area (Å²) in [6.45, 7) is -0.162. The molecule has 1 atom stereocenters. The van der Waals surface area contributed by atoms with E-state index >= 15 is 0 Å². The minimum Gasteiger partial charge on any atom is -0.493 e. The van der Waals surface area contributed by atoms with E-state index in [1.807, 2.05) is 24.3 Å². The van der Waals surface area contributed by atoms with E-state index in [4.69, 9.17) is 9.47 Å². The highest BCUT2D eigenvalue weighted by Crippen LogP contribution is 2.30. The zero-order valence-electron chi connectivity index (χ0n) is 15.0.